The van der Waals surface area contributed by atoms with Crippen LogP contribution in [0.15, 0.2) is 12.1 Å². The van der Waals surface area contributed by atoms with Gasteiger partial charge < -0.3 is 15.5 Å². The van der Waals surface area contributed by atoms with E-state index in [4.69, 9.17) is 5.11 Å². The minimum absolute atomic E-state index is 0.0709. The average Bonchev–Trinajstić information content (AvgIpc) is 2.27. The third-order valence-electron chi connectivity index (χ3n) is 3.18. The number of anilines is 1. The zero-order valence-corrected chi connectivity index (χ0v) is 12.3. The van der Waals surface area contributed by atoms with Gasteiger partial charge in [-0.2, -0.15) is 0 Å². The fraction of sp³-hybridized carbons (Fsp3) is 0.467. The number of nitrogens with one attached hydrogen (secondary N) is 1. The van der Waals surface area contributed by atoms with Crippen LogP contribution in [0.4, 0.5) is 5.69 Å². The lowest BCUT2D eigenvalue weighted by Gasteiger charge is -2.22. The predicted molar refractivity (Wildman–Crippen MR) is 76.9 cm³/mol. The van der Waals surface area contributed by atoms with Crippen LogP contribution in [-0.2, 0) is 9.59 Å². The van der Waals surface area contributed by atoms with Crippen molar-refractivity contribution in [2.45, 2.75) is 40.5 Å². The van der Waals surface area contributed by atoms with Gasteiger partial charge in [-0.1, -0.05) is 19.9 Å². The van der Waals surface area contributed by atoms with E-state index < -0.39 is 11.4 Å². The number of rotatable bonds is 5. The van der Waals surface area contributed by atoms with Crippen LogP contribution in [-0.4, -0.2) is 22.1 Å². The SMILES string of the molecule is Cc1ccc(NC(=O)CC(C)(C)CC(=O)O)c(C)c1O. The standard InChI is InChI=1S/C15H21NO4/c1-9-5-6-11(10(2)14(9)20)16-12(17)7-15(3,4)8-13(18)19/h5-6,20H,7-8H2,1-4H3,(H,16,17)(H,18,19). The van der Waals surface area contributed by atoms with E-state index in [9.17, 15) is 14.7 Å². The number of carboxylic acid groups (broad SMARTS) is 1. The van der Waals surface area contributed by atoms with E-state index >= 15 is 0 Å². The molecule has 0 fully saturated rings. The van der Waals surface area contributed by atoms with Crippen molar-refractivity contribution < 1.29 is 19.8 Å². The smallest absolute Gasteiger partial charge is 0.303 e. The molecule has 20 heavy (non-hydrogen) atoms. The molecule has 0 aromatic heterocycles. The van der Waals surface area contributed by atoms with Gasteiger partial charge in [0.1, 0.15) is 5.75 Å². The summed E-state index contributed by atoms with van der Waals surface area (Å²) in [4.78, 5) is 22.7. The summed E-state index contributed by atoms with van der Waals surface area (Å²) in [5.74, 6) is -1.03. The van der Waals surface area contributed by atoms with E-state index in [0.717, 1.165) is 5.56 Å². The maximum absolute atomic E-state index is 12.0. The number of benzene rings is 1. The Kier molecular flexibility index (Phi) is 4.76. The summed E-state index contributed by atoms with van der Waals surface area (Å²) in [6.07, 6.45) is 0.0337. The number of aromatic hydroxyl groups is 1. The van der Waals surface area contributed by atoms with E-state index in [1.165, 1.54) is 0 Å². The highest BCUT2D eigenvalue weighted by molar-refractivity contribution is 5.92. The second kappa shape index (κ2) is 5.94. The molecule has 0 aliphatic carbocycles. The number of carbonyl (C=O) groups is 2. The van der Waals surface area contributed by atoms with Gasteiger partial charge in [-0.3, -0.25) is 9.59 Å². The maximum Gasteiger partial charge on any atom is 0.303 e. The summed E-state index contributed by atoms with van der Waals surface area (Å²) in [6, 6.07) is 3.45. The fourth-order valence-electron chi connectivity index (χ4n) is 2.07. The Morgan fingerprint density at radius 2 is 1.80 bits per heavy atom. The van der Waals surface area contributed by atoms with Crippen molar-refractivity contribution in [1.82, 2.24) is 0 Å². The van der Waals surface area contributed by atoms with Gasteiger partial charge in [0, 0.05) is 17.7 Å². The lowest BCUT2D eigenvalue weighted by atomic mass is 9.85. The van der Waals surface area contributed by atoms with Gasteiger partial charge in [0.25, 0.3) is 0 Å². The zero-order valence-electron chi connectivity index (χ0n) is 12.3. The maximum atomic E-state index is 12.0. The number of aliphatic carboxylic acids is 1. The van der Waals surface area contributed by atoms with Gasteiger partial charge in [-0.15, -0.1) is 0 Å². The molecule has 1 aromatic carbocycles. The molecule has 0 radical (unpaired) electrons. The molecule has 1 aromatic rings. The van der Waals surface area contributed by atoms with Crippen LogP contribution in [0.3, 0.4) is 0 Å². The van der Waals surface area contributed by atoms with E-state index in [1.54, 1.807) is 39.8 Å². The first kappa shape index (κ1) is 16.0. The molecule has 0 saturated heterocycles. The molecule has 1 amide bonds. The third kappa shape index (κ3) is 4.26. The number of phenols is 1. The third-order valence-corrected chi connectivity index (χ3v) is 3.18. The van der Waals surface area contributed by atoms with Gasteiger partial charge in [0.05, 0.1) is 6.42 Å². The van der Waals surface area contributed by atoms with Crippen molar-refractivity contribution >= 4 is 17.6 Å². The molecule has 0 heterocycles. The molecule has 0 unspecified atom stereocenters. The minimum Gasteiger partial charge on any atom is -0.507 e. The van der Waals surface area contributed by atoms with Crippen LogP contribution in [0.5, 0.6) is 5.75 Å². The Balaban J connectivity index is 2.77. The Hall–Kier alpha value is -2.04. The molecule has 5 nitrogen and oxygen atoms in total. The van der Waals surface area contributed by atoms with Gasteiger partial charge in [0.15, 0.2) is 0 Å². The van der Waals surface area contributed by atoms with Crippen LogP contribution in [0.1, 0.15) is 37.8 Å². The van der Waals surface area contributed by atoms with Crippen molar-refractivity contribution in [3.05, 3.63) is 23.3 Å². The average molecular weight is 279 g/mol. The van der Waals surface area contributed by atoms with Gasteiger partial charge in [0.2, 0.25) is 5.91 Å². The first-order valence-electron chi connectivity index (χ1n) is 6.43. The Labute approximate surface area is 118 Å². The lowest BCUT2D eigenvalue weighted by molar-refractivity contribution is -0.139. The second-order valence-corrected chi connectivity index (χ2v) is 5.86. The number of aryl methyl sites for hydroxylation is 1. The first-order valence-corrected chi connectivity index (χ1v) is 6.43. The molecule has 1 rings (SSSR count). The summed E-state index contributed by atoms with van der Waals surface area (Å²) in [7, 11) is 0. The van der Waals surface area contributed by atoms with Crippen LogP contribution in [0.25, 0.3) is 0 Å². The van der Waals surface area contributed by atoms with E-state index in [2.05, 4.69) is 5.32 Å². The topological polar surface area (TPSA) is 86.6 Å². The molecule has 0 saturated carbocycles. The Morgan fingerprint density at radius 1 is 1.20 bits per heavy atom. The highest BCUT2D eigenvalue weighted by Crippen LogP contribution is 2.30. The molecule has 3 N–H and O–H groups in total. The summed E-state index contributed by atoms with van der Waals surface area (Å²) in [6.45, 7) is 6.98. The van der Waals surface area contributed by atoms with Crippen LogP contribution in [0, 0.1) is 19.3 Å². The van der Waals surface area contributed by atoms with Crippen LogP contribution in [0.2, 0.25) is 0 Å². The van der Waals surface area contributed by atoms with E-state index in [1.807, 2.05) is 0 Å². The monoisotopic (exact) mass is 279 g/mol. The highest BCUT2D eigenvalue weighted by Gasteiger charge is 2.25. The number of hydrogen-bond acceptors (Lipinski definition) is 3. The molecule has 0 atom stereocenters. The largest absolute Gasteiger partial charge is 0.507 e. The van der Waals surface area contributed by atoms with Crippen LogP contribution < -0.4 is 5.32 Å². The molecule has 0 bridgehead atoms. The van der Waals surface area contributed by atoms with Crippen molar-refractivity contribution in [2.24, 2.45) is 5.41 Å². The molecule has 5 heteroatoms. The Bertz CT molecular complexity index is 535. The molecule has 0 spiro atoms. The summed E-state index contributed by atoms with van der Waals surface area (Å²) in [5, 5.41) is 21.3. The minimum atomic E-state index is -0.924. The van der Waals surface area contributed by atoms with E-state index in [0.29, 0.717) is 11.3 Å². The van der Waals surface area contributed by atoms with Crippen molar-refractivity contribution in [3.8, 4) is 5.75 Å². The number of amides is 1. The molecule has 0 aliphatic rings. The lowest BCUT2D eigenvalue weighted by Crippen LogP contribution is -2.25. The molecular formula is C15H21NO4. The Morgan fingerprint density at radius 3 is 2.35 bits per heavy atom. The molecular weight excluding hydrogens is 258 g/mol. The number of carbonyl (C=O) groups excluding carboxylic acids is 1. The van der Waals surface area contributed by atoms with Crippen molar-refractivity contribution in [2.75, 3.05) is 5.32 Å². The first-order chi connectivity index (χ1) is 9.12. The van der Waals surface area contributed by atoms with Gasteiger partial charge >= 0.3 is 5.97 Å². The number of carboxylic acids is 1. The van der Waals surface area contributed by atoms with Gasteiger partial charge in [-0.05, 0) is 30.9 Å². The second-order valence-electron chi connectivity index (χ2n) is 5.86. The number of phenolic OH excluding ortho intramolecular Hbond substituents is 1. The number of hydrogen-bond donors (Lipinski definition) is 3. The van der Waals surface area contributed by atoms with Gasteiger partial charge in [-0.25, -0.2) is 0 Å². The molecule has 110 valence electrons. The van der Waals surface area contributed by atoms with Crippen molar-refractivity contribution in [3.63, 3.8) is 0 Å². The predicted octanol–water partition coefficient (Wildman–Crippen LogP) is 2.84. The summed E-state index contributed by atoms with van der Waals surface area (Å²) >= 11 is 0. The van der Waals surface area contributed by atoms with Crippen molar-refractivity contribution in [1.29, 1.82) is 0 Å². The fourth-order valence-corrected chi connectivity index (χ4v) is 2.07. The van der Waals surface area contributed by atoms with E-state index in [-0.39, 0.29) is 24.5 Å². The quantitative estimate of drug-likeness (QED) is 0.773. The van der Waals surface area contributed by atoms with Crippen LogP contribution >= 0.6 is 0 Å². The molecule has 0 aliphatic heterocycles. The summed E-state index contributed by atoms with van der Waals surface area (Å²) < 4.78 is 0. The normalized spacial score (nSPS) is 11.2. The zero-order chi connectivity index (χ0) is 15.5. The summed E-state index contributed by atoms with van der Waals surface area (Å²) in [5.41, 5.74) is 1.28. The highest BCUT2D eigenvalue weighted by atomic mass is 16.4.